The molecule has 0 heterocycles. The molecule has 1 heteroatoms. The van der Waals surface area contributed by atoms with Gasteiger partial charge in [0.15, 0.2) is 0 Å². The number of carbonyl (C=O) groups is 1. The number of carbonyl (C=O) groups excluding carboxylic acids is 1. The third-order valence-corrected chi connectivity index (χ3v) is 1.16. The lowest BCUT2D eigenvalue weighted by Crippen LogP contribution is -2.10. The Bertz CT molecular complexity index is 157. The predicted octanol–water partition coefficient (Wildman–Crippen LogP) is 2.01. The first-order valence-corrected chi connectivity index (χ1v) is 3.54. The molecule has 0 saturated heterocycles. The summed E-state index contributed by atoms with van der Waals surface area (Å²) in [5, 5.41) is 0. The highest BCUT2D eigenvalue weighted by molar-refractivity contribution is 5.58. The zero-order valence-electron chi connectivity index (χ0n) is 6.90. The SMILES string of the molecule is CCC#CCC(C)(C)C=O. The molecule has 10 heavy (non-hydrogen) atoms. The largest absolute Gasteiger partial charge is 0.303 e. The van der Waals surface area contributed by atoms with Gasteiger partial charge in [0.25, 0.3) is 0 Å². The molecule has 0 bridgehead atoms. The van der Waals surface area contributed by atoms with Crippen molar-refractivity contribution in [2.75, 3.05) is 0 Å². The van der Waals surface area contributed by atoms with Gasteiger partial charge in [-0.3, -0.25) is 0 Å². The summed E-state index contributed by atoms with van der Waals surface area (Å²) in [4.78, 5) is 10.4. The monoisotopic (exact) mass is 138 g/mol. The van der Waals surface area contributed by atoms with E-state index in [9.17, 15) is 4.79 Å². The number of hydrogen-bond donors (Lipinski definition) is 0. The van der Waals surface area contributed by atoms with Crippen LogP contribution in [0.2, 0.25) is 0 Å². The van der Waals surface area contributed by atoms with Gasteiger partial charge in [-0.25, -0.2) is 0 Å². The highest BCUT2D eigenvalue weighted by Gasteiger charge is 2.13. The number of rotatable bonds is 2. The molecule has 0 aromatic rings. The van der Waals surface area contributed by atoms with E-state index >= 15 is 0 Å². The van der Waals surface area contributed by atoms with Gasteiger partial charge in [-0.05, 0) is 0 Å². The van der Waals surface area contributed by atoms with E-state index in [4.69, 9.17) is 0 Å². The van der Waals surface area contributed by atoms with E-state index in [-0.39, 0.29) is 5.41 Å². The summed E-state index contributed by atoms with van der Waals surface area (Å²) >= 11 is 0. The average molecular weight is 138 g/mol. The minimum Gasteiger partial charge on any atom is -0.303 e. The van der Waals surface area contributed by atoms with E-state index < -0.39 is 0 Å². The van der Waals surface area contributed by atoms with E-state index in [1.807, 2.05) is 20.8 Å². The van der Waals surface area contributed by atoms with Crippen molar-refractivity contribution in [3.8, 4) is 11.8 Å². The Labute approximate surface area is 62.8 Å². The maximum atomic E-state index is 10.4. The van der Waals surface area contributed by atoms with Crippen LogP contribution < -0.4 is 0 Å². The third-order valence-electron chi connectivity index (χ3n) is 1.16. The van der Waals surface area contributed by atoms with Crippen LogP contribution in [0.4, 0.5) is 0 Å². The van der Waals surface area contributed by atoms with Crippen molar-refractivity contribution < 1.29 is 4.79 Å². The molecule has 0 amide bonds. The second kappa shape index (κ2) is 4.11. The molecule has 0 fully saturated rings. The summed E-state index contributed by atoms with van der Waals surface area (Å²) in [7, 11) is 0. The van der Waals surface area contributed by atoms with Crippen LogP contribution in [-0.2, 0) is 4.79 Å². The Kier molecular flexibility index (Phi) is 3.79. The molecule has 0 N–H and O–H groups in total. The van der Waals surface area contributed by atoms with Crippen molar-refractivity contribution in [2.45, 2.75) is 33.6 Å². The lowest BCUT2D eigenvalue weighted by Gasteiger charge is -2.10. The second-order valence-corrected chi connectivity index (χ2v) is 2.99. The second-order valence-electron chi connectivity index (χ2n) is 2.99. The molecule has 0 saturated carbocycles. The third kappa shape index (κ3) is 4.14. The lowest BCUT2D eigenvalue weighted by atomic mass is 9.92. The average Bonchev–Trinajstić information content (AvgIpc) is 1.89. The number of aldehydes is 1. The van der Waals surface area contributed by atoms with E-state index in [1.165, 1.54) is 0 Å². The molecule has 0 aromatic heterocycles. The van der Waals surface area contributed by atoms with Crippen LogP contribution >= 0.6 is 0 Å². The topological polar surface area (TPSA) is 17.1 Å². The first-order valence-electron chi connectivity index (χ1n) is 3.54. The fourth-order valence-electron chi connectivity index (χ4n) is 0.457. The van der Waals surface area contributed by atoms with Gasteiger partial charge >= 0.3 is 0 Å². The van der Waals surface area contributed by atoms with Crippen LogP contribution in [0.15, 0.2) is 0 Å². The van der Waals surface area contributed by atoms with Gasteiger partial charge in [-0.15, -0.1) is 11.8 Å². The van der Waals surface area contributed by atoms with E-state index in [2.05, 4.69) is 11.8 Å². The van der Waals surface area contributed by atoms with Crippen LogP contribution in [-0.4, -0.2) is 6.29 Å². The van der Waals surface area contributed by atoms with E-state index in [0.717, 1.165) is 12.7 Å². The van der Waals surface area contributed by atoms with Crippen LogP contribution in [0.5, 0.6) is 0 Å². The maximum absolute atomic E-state index is 10.4. The molecular weight excluding hydrogens is 124 g/mol. The molecule has 0 rings (SSSR count). The van der Waals surface area contributed by atoms with Crippen molar-refractivity contribution in [1.82, 2.24) is 0 Å². The molecule has 0 aliphatic heterocycles. The highest BCUT2D eigenvalue weighted by Crippen LogP contribution is 2.14. The Morgan fingerprint density at radius 1 is 1.40 bits per heavy atom. The summed E-state index contributed by atoms with van der Waals surface area (Å²) < 4.78 is 0. The van der Waals surface area contributed by atoms with Gasteiger partial charge in [-0.1, -0.05) is 20.8 Å². The smallest absolute Gasteiger partial charge is 0.126 e. The standard InChI is InChI=1S/C9H14O/c1-4-5-6-7-9(2,3)8-10/h8H,4,7H2,1-3H3. The summed E-state index contributed by atoms with van der Waals surface area (Å²) in [6.45, 7) is 5.79. The Morgan fingerprint density at radius 3 is 2.40 bits per heavy atom. The van der Waals surface area contributed by atoms with Crippen LogP contribution in [0.1, 0.15) is 33.6 Å². The quantitative estimate of drug-likeness (QED) is 0.421. The van der Waals surface area contributed by atoms with Crippen LogP contribution in [0, 0.1) is 17.3 Å². The lowest BCUT2D eigenvalue weighted by molar-refractivity contribution is -0.114. The molecule has 0 radical (unpaired) electrons. The zero-order valence-corrected chi connectivity index (χ0v) is 6.90. The predicted molar refractivity (Wildman–Crippen MR) is 42.5 cm³/mol. The Hall–Kier alpha value is -0.770. The molecule has 0 atom stereocenters. The van der Waals surface area contributed by atoms with E-state index in [0.29, 0.717) is 6.42 Å². The minimum atomic E-state index is -0.262. The molecule has 0 aliphatic carbocycles. The van der Waals surface area contributed by atoms with Gasteiger partial charge in [-0.2, -0.15) is 0 Å². The van der Waals surface area contributed by atoms with Crippen molar-refractivity contribution in [3.63, 3.8) is 0 Å². The molecule has 1 nitrogen and oxygen atoms in total. The molecule has 0 spiro atoms. The van der Waals surface area contributed by atoms with E-state index in [1.54, 1.807) is 0 Å². The summed E-state index contributed by atoms with van der Waals surface area (Å²) in [5.41, 5.74) is -0.262. The Morgan fingerprint density at radius 2 is 2.00 bits per heavy atom. The first kappa shape index (κ1) is 9.23. The zero-order chi connectivity index (χ0) is 8.04. The van der Waals surface area contributed by atoms with Gasteiger partial charge < -0.3 is 4.79 Å². The summed E-state index contributed by atoms with van der Waals surface area (Å²) in [6.07, 6.45) is 2.50. The molecular formula is C9H14O. The van der Waals surface area contributed by atoms with Crippen LogP contribution in [0.3, 0.4) is 0 Å². The molecule has 56 valence electrons. The normalized spacial score (nSPS) is 9.90. The fraction of sp³-hybridized carbons (Fsp3) is 0.667. The first-order chi connectivity index (χ1) is 4.62. The summed E-state index contributed by atoms with van der Waals surface area (Å²) in [6, 6.07) is 0. The van der Waals surface area contributed by atoms with Gasteiger partial charge in [0.05, 0.1) is 0 Å². The van der Waals surface area contributed by atoms with Gasteiger partial charge in [0.2, 0.25) is 0 Å². The molecule has 0 aromatic carbocycles. The minimum absolute atomic E-state index is 0.262. The number of hydrogen-bond acceptors (Lipinski definition) is 1. The highest BCUT2D eigenvalue weighted by atomic mass is 16.1. The summed E-state index contributed by atoms with van der Waals surface area (Å²) in [5.74, 6) is 5.87. The Balaban J connectivity index is 3.77. The van der Waals surface area contributed by atoms with Crippen LogP contribution in [0.25, 0.3) is 0 Å². The fourth-order valence-corrected chi connectivity index (χ4v) is 0.457. The molecule has 0 aliphatic rings. The molecule has 0 unspecified atom stereocenters. The van der Waals surface area contributed by atoms with Crippen molar-refractivity contribution in [1.29, 1.82) is 0 Å². The van der Waals surface area contributed by atoms with Crippen molar-refractivity contribution in [2.24, 2.45) is 5.41 Å². The van der Waals surface area contributed by atoms with Gasteiger partial charge in [0.1, 0.15) is 6.29 Å². The van der Waals surface area contributed by atoms with Crippen molar-refractivity contribution >= 4 is 6.29 Å². The van der Waals surface area contributed by atoms with Gasteiger partial charge in [0, 0.05) is 18.3 Å². The van der Waals surface area contributed by atoms with Crippen molar-refractivity contribution in [3.05, 3.63) is 0 Å². The maximum Gasteiger partial charge on any atom is 0.126 e.